The number of pyridine rings is 1. The summed E-state index contributed by atoms with van der Waals surface area (Å²) in [7, 11) is 0.600. The second kappa shape index (κ2) is 15.4. The average Bonchev–Trinajstić information content (AvgIpc) is 3.61. The van der Waals surface area contributed by atoms with Gasteiger partial charge in [-0.2, -0.15) is 9.10 Å². The SMILES string of the molecule is COc1ccc(CN(Cc2ccc(OC)cc2)S(=O)(=O)c2cccc(Cc3ccc(N)nc3C)c2-c2nnn(Cc3ccc(OC)cc3)n2)cc1. The van der Waals surface area contributed by atoms with E-state index in [-0.39, 0.29) is 23.8 Å². The predicted octanol–water partition coefficient (Wildman–Crippen LogP) is 5.68. The van der Waals surface area contributed by atoms with Gasteiger partial charge in [0.1, 0.15) is 23.1 Å². The molecule has 0 aliphatic carbocycles. The molecule has 13 heteroatoms. The number of tetrazole rings is 1. The molecule has 2 aromatic heterocycles. The Labute approximate surface area is 297 Å². The number of nitrogens with two attached hydrogens (primary N) is 1. The normalized spacial score (nSPS) is 11.5. The number of hydrogen-bond donors (Lipinski definition) is 1. The molecule has 0 aliphatic heterocycles. The van der Waals surface area contributed by atoms with Crippen LogP contribution in [0.25, 0.3) is 11.4 Å². The van der Waals surface area contributed by atoms with Gasteiger partial charge in [-0.1, -0.05) is 54.6 Å². The molecule has 262 valence electrons. The molecule has 2 heterocycles. The number of aromatic nitrogens is 5. The topological polar surface area (TPSA) is 148 Å². The lowest BCUT2D eigenvalue weighted by molar-refractivity contribution is 0.397. The van der Waals surface area contributed by atoms with Crippen LogP contribution in [-0.4, -0.2) is 59.2 Å². The van der Waals surface area contributed by atoms with Crippen molar-refractivity contribution in [3.8, 4) is 28.6 Å². The highest BCUT2D eigenvalue weighted by molar-refractivity contribution is 7.89. The van der Waals surface area contributed by atoms with Crippen LogP contribution in [0, 0.1) is 6.92 Å². The number of methoxy groups -OCH3 is 3. The smallest absolute Gasteiger partial charge is 0.244 e. The Morgan fingerprint density at radius 3 is 1.78 bits per heavy atom. The van der Waals surface area contributed by atoms with E-state index in [0.717, 1.165) is 33.7 Å². The zero-order valence-electron chi connectivity index (χ0n) is 28.9. The molecule has 4 aromatic carbocycles. The summed E-state index contributed by atoms with van der Waals surface area (Å²) in [4.78, 5) is 5.94. The van der Waals surface area contributed by atoms with Crippen LogP contribution in [-0.2, 0) is 36.1 Å². The molecular weight excluding hydrogens is 667 g/mol. The van der Waals surface area contributed by atoms with Crippen molar-refractivity contribution < 1.29 is 22.6 Å². The van der Waals surface area contributed by atoms with Gasteiger partial charge in [0.05, 0.1) is 32.8 Å². The molecule has 51 heavy (non-hydrogen) atoms. The van der Waals surface area contributed by atoms with E-state index in [4.69, 9.17) is 25.0 Å². The highest BCUT2D eigenvalue weighted by Gasteiger charge is 2.31. The zero-order valence-corrected chi connectivity index (χ0v) is 29.7. The molecule has 0 aliphatic rings. The fraction of sp³-hybridized carbons (Fsp3) is 0.211. The van der Waals surface area contributed by atoms with E-state index in [1.807, 2.05) is 91.9 Å². The van der Waals surface area contributed by atoms with Crippen LogP contribution >= 0.6 is 0 Å². The minimum atomic E-state index is -4.19. The van der Waals surface area contributed by atoms with Crippen LogP contribution in [0.4, 0.5) is 5.82 Å². The van der Waals surface area contributed by atoms with Crippen LogP contribution in [0.15, 0.2) is 108 Å². The molecule has 12 nitrogen and oxygen atoms in total. The maximum atomic E-state index is 15.0. The first kappa shape index (κ1) is 35.1. The lowest BCUT2D eigenvalue weighted by Gasteiger charge is -2.24. The van der Waals surface area contributed by atoms with Gasteiger partial charge in [0.25, 0.3) is 0 Å². The molecule has 0 saturated carbocycles. The second-order valence-corrected chi connectivity index (χ2v) is 13.8. The number of sulfonamides is 1. The van der Waals surface area contributed by atoms with Crippen molar-refractivity contribution in [2.24, 2.45) is 0 Å². The van der Waals surface area contributed by atoms with E-state index in [2.05, 4.69) is 15.3 Å². The Balaban J connectivity index is 1.45. The van der Waals surface area contributed by atoms with Crippen LogP contribution in [0.2, 0.25) is 0 Å². The number of aryl methyl sites for hydroxylation is 1. The van der Waals surface area contributed by atoms with Crippen LogP contribution in [0.1, 0.15) is 33.5 Å². The summed E-state index contributed by atoms with van der Waals surface area (Å²) < 4.78 is 47.4. The molecule has 0 atom stereocenters. The average molecular weight is 706 g/mol. The number of ether oxygens (including phenoxy) is 3. The first-order valence-corrected chi connectivity index (χ1v) is 17.6. The molecule has 0 fully saturated rings. The van der Waals surface area contributed by atoms with Gasteiger partial charge in [-0.15, -0.1) is 10.2 Å². The van der Waals surface area contributed by atoms with Gasteiger partial charge in [-0.05, 0) is 88.5 Å². The summed E-state index contributed by atoms with van der Waals surface area (Å²) in [5, 5.41) is 13.4. The summed E-state index contributed by atoms with van der Waals surface area (Å²) in [5.41, 5.74) is 11.1. The van der Waals surface area contributed by atoms with Crippen molar-refractivity contribution in [3.63, 3.8) is 0 Å². The fourth-order valence-corrected chi connectivity index (χ4v) is 7.38. The first-order valence-electron chi connectivity index (χ1n) is 16.2. The summed E-state index contributed by atoms with van der Waals surface area (Å²) in [6, 6.07) is 31.1. The van der Waals surface area contributed by atoms with Gasteiger partial charge in [0.2, 0.25) is 15.8 Å². The molecule has 0 amide bonds. The molecule has 0 unspecified atom stereocenters. The van der Waals surface area contributed by atoms with E-state index in [9.17, 15) is 0 Å². The van der Waals surface area contributed by atoms with Crippen molar-refractivity contribution in [2.45, 2.75) is 37.9 Å². The fourth-order valence-electron chi connectivity index (χ4n) is 5.73. The molecule has 0 saturated heterocycles. The minimum absolute atomic E-state index is 0.0621. The number of anilines is 1. The predicted molar refractivity (Wildman–Crippen MR) is 194 cm³/mol. The van der Waals surface area contributed by atoms with Crippen LogP contribution in [0.5, 0.6) is 17.2 Å². The standard InChI is InChI=1S/C38H39N7O5S/c1-26-30(14-21-36(39)40-26)22-31-6-5-7-35(37(31)38-41-43-45(42-38)25-29-12-19-34(50-4)20-13-29)51(46,47)44(23-27-8-15-32(48-2)16-9-27)24-28-10-17-33(49-3)18-11-28/h5-21H,22-25H2,1-4H3,(H2,39,40). The molecule has 0 spiro atoms. The molecule has 0 radical (unpaired) electrons. The number of nitrogens with zero attached hydrogens (tertiary/aromatic N) is 6. The van der Waals surface area contributed by atoms with Crippen molar-refractivity contribution in [1.82, 2.24) is 29.5 Å². The lowest BCUT2D eigenvalue weighted by atomic mass is 9.98. The van der Waals surface area contributed by atoms with Gasteiger partial charge >= 0.3 is 0 Å². The third-order valence-corrected chi connectivity index (χ3v) is 10.4. The van der Waals surface area contributed by atoms with Crippen LogP contribution < -0.4 is 19.9 Å². The number of nitrogen functional groups attached to an aromatic ring is 1. The van der Waals surface area contributed by atoms with Crippen molar-refractivity contribution >= 4 is 15.8 Å². The van der Waals surface area contributed by atoms with E-state index >= 15 is 8.42 Å². The van der Waals surface area contributed by atoms with E-state index < -0.39 is 10.0 Å². The van der Waals surface area contributed by atoms with Gasteiger partial charge in [-0.3, -0.25) is 0 Å². The number of benzene rings is 4. The molecule has 2 N–H and O–H groups in total. The quantitative estimate of drug-likeness (QED) is 0.150. The Morgan fingerprint density at radius 2 is 1.25 bits per heavy atom. The first-order chi connectivity index (χ1) is 24.7. The van der Waals surface area contributed by atoms with Gasteiger partial charge in [0, 0.05) is 30.8 Å². The van der Waals surface area contributed by atoms with Crippen molar-refractivity contribution in [3.05, 3.63) is 137 Å². The van der Waals surface area contributed by atoms with E-state index in [1.54, 1.807) is 39.5 Å². The largest absolute Gasteiger partial charge is 0.497 e. The van der Waals surface area contributed by atoms with Gasteiger partial charge in [0.15, 0.2) is 0 Å². The molecular formula is C38H39N7O5S. The van der Waals surface area contributed by atoms with E-state index in [0.29, 0.717) is 41.4 Å². The molecule has 0 bridgehead atoms. The third-order valence-electron chi connectivity index (χ3n) is 8.52. The Kier molecular flexibility index (Phi) is 10.6. The maximum absolute atomic E-state index is 15.0. The zero-order chi connectivity index (χ0) is 36.0. The highest BCUT2D eigenvalue weighted by Crippen LogP contribution is 2.34. The van der Waals surface area contributed by atoms with Crippen molar-refractivity contribution in [1.29, 1.82) is 0 Å². The highest BCUT2D eigenvalue weighted by atomic mass is 32.2. The number of hydrogen-bond acceptors (Lipinski definition) is 10. The van der Waals surface area contributed by atoms with Gasteiger partial charge in [-0.25, -0.2) is 13.4 Å². The van der Waals surface area contributed by atoms with E-state index in [1.165, 1.54) is 9.10 Å². The molecule has 6 aromatic rings. The van der Waals surface area contributed by atoms with Crippen molar-refractivity contribution in [2.75, 3.05) is 27.1 Å². The lowest BCUT2D eigenvalue weighted by Crippen LogP contribution is -2.31. The Bertz CT molecular complexity index is 2160. The summed E-state index contributed by atoms with van der Waals surface area (Å²) >= 11 is 0. The number of rotatable bonds is 14. The summed E-state index contributed by atoms with van der Waals surface area (Å²) in [5.74, 6) is 2.68. The summed E-state index contributed by atoms with van der Waals surface area (Å²) in [6.07, 6.45) is 0.363. The third kappa shape index (κ3) is 8.17. The Hall–Kier alpha value is -5.79. The monoisotopic (exact) mass is 705 g/mol. The Morgan fingerprint density at radius 1 is 0.706 bits per heavy atom. The second-order valence-electron chi connectivity index (χ2n) is 11.9. The molecule has 6 rings (SSSR count). The van der Waals surface area contributed by atoms with Crippen LogP contribution in [0.3, 0.4) is 0 Å². The minimum Gasteiger partial charge on any atom is -0.497 e. The van der Waals surface area contributed by atoms with Gasteiger partial charge < -0.3 is 19.9 Å². The summed E-state index contributed by atoms with van der Waals surface area (Å²) in [6.45, 7) is 2.39. The maximum Gasteiger partial charge on any atom is 0.244 e.